The summed E-state index contributed by atoms with van der Waals surface area (Å²) < 4.78 is 2.15. The first-order chi connectivity index (χ1) is 9.30. The highest BCUT2D eigenvalue weighted by Gasteiger charge is 2.29. The smallest absolute Gasteiger partial charge is 0.0556 e. The zero-order chi connectivity index (χ0) is 13.7. The van der Waals surface area contributed by atoms with Crippen molar-refractivity contribution in [1.82, 2.24) is 15.1 Å². The van der Waals surface area contributed by atoms with Crippen LogP contribution in [-0.2, 0) is 6.54 Å². The van der Waals surface area contributed by atoms with Crippen molar-refractivity contribution in [2.24, 2.45) is 11.8 Å². The number of aryl methyl sites for hydroxylation is 1. The van der Waals surface area contributed by atoms with Gasteiger partial charge in [0.25, 0.3) is 0 Å². The van der Waals surface area contributed by atoms with E-state index in [9.17, 15) is 0 Å². The van der Waals surface area contributed by atoms with Crippen LogP contribution in [0.15, 0.2) is 12.3 Å². The number of aromatic nitrogens is 2. The van der Waals surface area contributed by atoms with E-state index in [2.05, 4.69) is 41.9 Å². The van der Waals surface area contributed by atoms with Gasteiger partial charge >= 0.3 is 0 Å². The van der Waals surface area contributed by atoms with Gasteiger partial charge in [-0.2, -0.15) is 5.10 Å². The molecular formula is C16H29N3. The molecule has 0 aromatic carbocycles. The van der Waals surface area contributed by atoms with E-state index in [1.165, 1.54) is 37.8 Å². The van der Waals surface area contributed by atoms with Crippen molar-refractivity contribution >= 4 is 0 Å². The molecule has 1 atom stereocenters. The molecule has 3 nitrogen and oxygen atoms in total. The van der Waals surface area contributed by atoms with Crippen LogP contribution in [0, 0.1) is 11.8 Å². The Morgan fingerprint density at radius 2 is 2.00 bits per heavy atom. The van der Waals surface area contributed by atoms with E-state index in [1.807, 2.05) is 6.20 Å². The summed E-state index contributed by atoms with van der Waals surface area (Å²) in [7, 11) is 0. The van der Waals surface area contributed by atoms with Crippen LogP contribution in [0.25, 0.3) is 0 Å². The highest BCUT2D eigenvalue weighted by Crippen LogP contribution is 2.37. The van der Waals surface area contributed by atoms with Gasteiger partial charge < -0.3 is 5.32 Å². The molecule has 19 heavy (non-hydrogen) atoms. The minimum atomic E-state index is 0.491. The molecule has 1 aliphatic rings. The average Bonchev–Trinajstić information content (AvgIpc) is 2.93. The van der Waals surface area contributed by atoms with Crippen molar-refractivity contribution in [2.45, 2.75) is 65.5 Å². The van der Waals surface area contributed by atoms with Crippen molar-refractivity contribution in [3.63, 3.8) is 0 Å². The highest BCUT2D eigenvalue weighted by molar-refractivity contribution is 5.09. The maximum Gasteiger partial charge on any atom is 0.0556 e. The Balaban J connectivity index is 2.08. The largest absolute Gasteiger partial charge is 0.309 e. The first-order valence-corrected chi connectivity index (χ1v) is 8.05. The summed E-state index contributed by atoms with van der Waals surface area (Å²) in [6.07, 6.45) is 8.84. The second kappa shape index (κ2) is 7.09. The quantitative estimate of drug-likeness (QED) is 0.846. The van der Waals surface area contributed by atoms with Crippen LogP contribution >= 0.6 is 0 Å². The van der Waals surface area contributed by atoms with Crippen molar-refractivity contribution in [1.29, 1.82) is 0 Å². The van der Waals surface area contributed by atoms with E-state index in [0.29, 0.717) is 6.04 Å². The van der Waals surface area contributed by atoms with Crippen molar-refractivity contribution in [3.05, 3.63) is 18.0 Å². The number of hydrogen-bond acceptors (Lipinski definition) is 2. The van der Waals surface area contributed by atoms with E-state index in [4.69, 9.17) is 0 Å². The third-order valence-electron chi connectivity index (χ3n) is 4.73. The Morgan fingerprint density at radius 1 is 1.26 bits per heavy atom. The lowest BCUT2D eigenvalue weighted by molar-refractivity contribution is 0.214. The fraction of sp³-hybridized carbons (Fsp3) is 0.812. The second-order valence-electron chi connectivity index (χ2n) is 5.80. The lowest BCUT2D eigenvalue weighted by Gasteiger charge is -2.34. The molecule has 108 valence electrons. The summed E-state index contributed by atoms with van der Waals surface area (Å²) in [5, 5.41) is 8.14. The summed E-state index contributed by atoms with van der Waals surface area (Å²) in [5.74, 6) is 1.75. The molecule has 1 heterocycles. The van der Waals surface area contributed by atoms with Crippen LogP contribution in [0.4, 0.5) is 0 Å². The van der Waals surface area contributed by atoms with E-state index < -0.39 is 0 Å². The molecule has 1 fully saturated rings. The lowest BCUT2D eigenvalue weighted by atomic mass is 9.77. The van der Waals surface area contributed by atoms with Gasteiger partial charge in [0.15, 0.2) is 0 Å². The van der Waals surface area contributed by atoms with Crippen LogP contribution in [0.1, 0.15) is 64.6 Å². The Bertz CT molecular complexity index is 364. The van der Waals surface area contributed by atoms with Crippen LogP contribution in [0.3, 0.4) is 0 Å². The molecule has 1 aliphatic carbocycles. The summed E-state index contributed by atoms with van der Waals surface area (Å²) in [5.41, 5.74) is 1.38. The molecule has 0 bridgehead atoms. The SMILES string of the molecule is CCNC(c1ccnn1CC)C1CCC(CC)CC1. The standard InChI is InChI=1S/C16H29N3/c1-4-13-7-9-14(10-8-13)16(17-5-2)15-11-12-18-19(15)6-3/h11-14,16-17H,4-10H2,1-3H3. The van der Waals surface area contributed by atoms with Crippen LogP contribution in [-0.4, -0.2) is 16.3 Å². The Labute approximate surface area is 117 Å². The predicted octanol–water partition coefficient (Wildman–Crippen LogP) is 3.77. The van der Waals surface area contributed by atoms with E-state index in [0.717, 1.165) is 24.9 Å². The summed E-state index contributed by atoms with van der Waals surface area (Å²) in [4.78, 5) is 0. The van der Waals surface area contributed by atoms with E-state index >= 15 is 0 Å². The number of hydrogen-bond donors (Lipinski definition) is 1. The molecule has 1 aromatic heterocycles. The van der Waals surface area contributed by atoms with Gasteiger partial charge in [-0.15, -0.1) is 0 Å². The van der Waals surface area contributed by atoms with Gasteiger partial charge in [-0.1, -0.05) is 33.1 Å². The molecule has 0 amide bonds. The summed E-state index contributed by atoms with van der Waals surface area (Å²) >= 11 is 0. The number of rotatable bonds is 6. The topological polar surface area (TPSA) is 29.9 Å². The van der Waals surface area contributed by atoms with Gasteiger partial charge in [-0.05, 0) is 44.2 Å². The van der Waals surface area contributed by atoms with Crippen molar-refractivity contribution < 1.29 is 0 Å². The fourth-order valence-electron chi connectivity index (χ4n) is 3.53. The van der Waals surface area contributed by atoms with Gasteiger partial charge in [0.2, 0.25) is 0 Å². The molecule has 1 saturated carbocycles. The first-order valence-electron chi connectivity index (χ1n) is 8.05. The maximum absolute atomic E-state index is 4.44. The minimum absolute atomic E-state index is 0.491. The lowest BCUT2D eigenvalue weighted by Crippen LogP contribution is -2.32. The summed E-state index contributed by atoms with van der Waals surface area (Å²) in [6.45, 7) is 8.71. The van der Waals surface area contributed by atoms with Gasteiger partial charge in [-0.25, -0.2) is 0 Å². The van der Waals surface area contributed by atoms with E-state index in [1.54, 1.807) is 0 Å². The highest BCUT2D eigenvalue weighted by atomic mass is 15.3. The van der Waals surface area contributed by atoms with Gasteiger partial charge in [0, 0.05) is 12.7 Å². The molecule has 0 saturated heterocycles. The number of nitrogens with one attached hydrogen (secondary N) is 1. The molecule has 0 spiro atoms. The zero-order valence-corrected chi connectivity index (χ0v) is 12.7. The van der Waals surface area contributed by atoms with Gasteiger partial charge in [0.05, 0.1) is 11.7 Å². The third kappa shape index (κ3) is 3.38. The van der Waals surface area contributed by atoms with Crippen LogP contribution in [0.2, 0.25) is 0 Å². The average molecular weight is 263 g/mol. The van der Waals surface area contributed by atoms with Crippen LogP contribution < -0.4 is 5.32 Å². The molecule has 2 rings (SSSR count). The molecule has 1 unspecified atom stereocenters. The van der Waals surface area contributed by atoms with Crippen LogP contribution in [0.5, 0.6) is 0 Å². The molecule has 1 aromatic rings. The van der Waals surface area contributed by atoms with Crippen molar-refractivity contribution in [2.75, 3.05) is 6.54 Å². The number of nitrogens with zero attached hydrogens (tertiary/aromatic N) is 2. The molecule has 0 radical (unpaired) electrons. The Kier molecular flexibility index (Phi) is 5.44. The predicted molar refractivity (Wildman–Crippen MR) is 80.1 cm³/mol. The van der Waals surface area contributed by atoms with Gasteiger partial charge in [0.1, 0.15) is 0 Å². The Morgan fingerprint density at radius 3 is 2.58 bits per heavy atom. The molecule has 3 heteroatoms. The normalized spacial score (nSPS) is 25.4. The monoisotopic (exact) mass is 263 g/mol. The molecule has 0 aliphatic heterocycles. The third-order valence-corrected chi connectivity index (χ3v) is 4.73. The molecular weight excluding hydrogens is 234 g/mol. The minimum Gasteiger partial charge on any atom is -0.309 e. The Hall–Kier alpha value is -0.830. The fourth-order valence-corrected chi connectivity index (χ4v) is 3.53. The van der Waals surface area contributed by atoms with Gasteiger partial charge in [-0.3, -0.25) is 4.68 Å². The van der Waals surface area contributed by atoms with E-state index in [-0.39, 0.29) is 0 Å². The first kappa shape index (κ1) is 14.6. The van der Waals surface area contributed by atoms with Crippen molar-refractivity contribution in [3.8, 4) is 0 Å². The summed E-state index contributed by atoms with van der Waals surface area (Å²) in [6, 6.07) is 2.69. The molecule has 1 N–H and O–H groups in total. The maximum atomic E-state index is 4.44. The zero-order valence-electron chi connectivity index (χ0n) is 12.7. The second-order valence-corrected chi connectivity index (χ2v) is 5.80.